The van der Waals surface area contributed by atoms with Crippen LogP contribution in [0.4, 0.5) is 5.69 Å². The molecule has 6 unspecified atom stereocenters. The summed E-state index contributed by atoms with van der Waals surface area (Å²) in [7, 11) is 0. The molecule has 0 spiro atoms. The molecule has 6 atom stereocenters. The predicted molar refractivity (Wildman–Crippen MR) is 246 cm³/mol. The summed E-state index contributed by atoms with van der Waals surface area (Å²) in [6.07, 6.45) is 16.5. The lowest BCUT2D eigenvalue weighted by atomic mass is 9.91. The third-order valence-corrected chi connectivity index (χ3v) is 11.5. The number of rotatable bonds is 22. The highest BCUT2D eigenvalue weighted by molar-refractivity contribution is 5.51. The van der Waals surface area contributed by atoms with Gasteiger partial charge < -0.3 is 5.32 Å². The molecule has 3 rings (SSSR count). The lowest BCUT2D eigenvalue weighted by Gasteiger charge is -2.18. The smallest absolute Gasteiger partial charge is 0.0374 e. The van der Waals surface area contributed by atoms with Crippen LogP contribution in [0.25, 0.3) is 0 Å². The number of benzene rings is 3. The Morgan fingerprint density at radius 1 is 0.370 bits per heavy atom. The molecule has 1 N–H and O–H groups in total. The minimum atomic E-state index is 0.554. The molecule has 0 amide bonds. The van der Waals surface area contributed by atoms with Gasteiger partial charge in [0.25, 0.3) is 0 Å². The number of hydrogen-bond donors (Lipinski definition) is 1. The quantitative estimate of drug-likeness (QED) is 0.108. The molecule has 3 aromatic carbocycles. The minimum absolute atomic E-state index is 0.554. The molecule has 0 bridgehead atoms. The van der Waals surface area contributed by atoms with Crippen molar-refractivity contribution in [2.24, 2.45) is 41.4 Å². The second-order valence-corrected chi connectivity index (χ2v) is 18.5. The molecule has 306 valence electrons. The zero-order chi connectivity index (χ0) is 40.5. The van der Waals surface area contributed by atoms with Gasteiger partial charge in [-0.05, 0) is 121 Å². The molecule has 0 aliphatic rings. The van der Waals surface area contributed by atoms with Crippen molar-refractivity contribution in [3.63, 3.8) is 0 Å². The maximum Gasteiger partial charge on any atom is 0.0374 e. The van der Waals surface area contributed by atoms with E-state index in [0.717, 1.165) is 47.8 Å². The van der Waals surface area contributed by atoms with Gasteiger partial charge in [0.05, 0.1) is 0 Å². The van der Waals surface area contributed by atoms with Crippen LogP contribution in [-0.4, -0.2) is 6.04 Å². The Morgan fingerprint density at radius 3 is 1.04 bits per heavy atom. The van der Waals surface area contributed by atoms with Crippen molar-refractivity contribution in [1.29, 1.82) is 0 Å². The van der Waals surface area contributed by atoms with Gasteiger partial charge >= 0.3 is 0 Å². The highest BCUT2D eigenvalue weighted by Gasteiger charge is 2.10. The van der Waals surface area contributed by atoms with E-state index >= 15 is 0 Å². The van der Waals surface area contributed by atoms with Crippen LogP contribution >= 0.6 is 0 Å². The van der Waals surface area contributed by atoms with Gasteiger partial charge in [0.2, 0.25) is 0 Å². The first-order chi connectivity index (χ1) is 25.7. The van der Waals surface area contributed by atoms with Crippen molar-refractivity contribution >= 4 is 5.69 Å². The molecule has 0 saturated carbocycles. The maximum absolute atomic E-state index is 3.59. The van der Waals surface area contributed by atoms with Crippen LogP contribution in [-0.2, 0) is 32.1 Å². The molecule has 1 heteroatoms. The molecular formula is C53H89N. The first-order valence-corrected chi connectivity index (χ1v) is 22.7. The molecule has 1 nitrogen and oxygen atoms in total. The molecular weight excluding hydrogens is 651 g/mol. The van der Waals surface area contributed by atoms with Gasteiger partial charge in [0.15, 0.2) is 0 Å². The van der Waals surface area contributed by atoms with Crippen molar-refractivity contribution < 1.29 is 0 Å². The van der Waals surface area contributed by atoms with Crippen LogP contribution in [0, 0.1) is 41.4 Å². The highest BCUT2D eigenvalue weighted by Crippen LogP contribution is 2.23. The summed E-state index contributed by atoms with van der Waals surface area (Å²) in [5.74, 6) is 5.64. The molecule has 0 aromatic heterocycles. The maximum atomic E-state index is 3.59. The van der Waals surface area contributed by atoms with Crippen molar-refractivity contribution in [2.45, 2.75) is 186 Å². The summed E-state index contributed by atoms with van der Waals surface area (Å²) in [4.78, 5) is 0. The number of anilines is 1. The molecule has 0 radical (unpaired) electrons. The van der Waals surface area contributed by atoms with E-state index in [2.05, 4.69) is 175 Å². The molecule has 0 saturated heterocycles. The van der Waals surface area contributed by atoms with Crippen molar-refractivity contribution in [3.8, 4) is 0 Å². The Kier molecular flexibility index (Phi) is 26.4. The molecule has 0 aliphatic heterocycles. The van der Waals surface area contributed by atoms with Crippen LogP contribution in [0.3, 0.4) is 0 Å². The number of para-hydroxylation sites is 1. The van der Waals surface area contributed by atoms with Crippen molar-refractivity contribution in [1.82, 2.24) is 0 Å². The van der Waals surface area contributed by atoms with Gasteiger partial charge in [-0.3, -0.25) is 0 Å². The van der Waals surface area contributed by atoms with E-state index in [9.17, 15) is 0 Å². The van der Waals surface area contributed by atoms with E-state index in [4.69, 9.17) is 0 Å². The average molecular weight is 740 g/mol. The van der Waals surface area contributed by atoms with Crippen molar-refractivity contribution in [3.05, 3.63) is 101 Å². The van der Waals surface area contributed by atoms with Crippen LogP contribution in [0.5, 0.6) is 0 Å². The van der Waals surface area contributed by atoms with Gasteiger partial charge in [-0.25, -0.2) is 0 Å². The Labute approximate surface area is 338 Å². The Hall–Kier alpha value is -2.54. The number of hydrogen-bond acceptors (Lipinski definition) is 1. The van der Waals surface area contributed by atoms with Crippen LogP contribution in [0.1, 0.15) is 176 Å². The first kappa shape index (κ1) is 49.5. The summed E-state index contributed by atoms with van der Waals surface area (Å²) in [5, 5.41) is 3.59. The summed E-state index contributed by atoms with van der Waals surface area (Å²) < 4.78 is 0. The SMILES string of the molecule is CC(C)CCC(C)Cc1ccc(CC(C)CCC(C)C)cc1.CCC(C)Cc1ccc(CC(C)CC)cc1.CCC(C)Cc1ccccc1NC(C)CC. The third kappa shape index (κ3) is 23.4. The predicted octanol–water partition coefficient (Wildman–Crippen LogP) is 16.3. The molecule has 3 aromatic rings. The number of nitrogens with one attached hydrogen (secondary N) is 1. The normalized spacial score (nSPS) is 14.6. The van der Waals surface area contributed by atoms with Gasteiger partial charge in [-0.1, -0.05) is 202 Å². The second-order valence-electron chi connectivity index (χ2n) is 18.5. The lowest BCUT2D eigenvalue weighted by molar-refractivity contribution is 0.446. The average Bonchev–Trinajstić information content (AvgIpc) is 3.15. The summed E-state index contributed by atoms with van der Waals surface area (Å²) in [5.41, 5.74) is 8.77. The van der Waals surface area contributed by atoms with Crippen LogP contribution in [0.2, 0.25) is 0 Å². The Morgan fingerprint density at radius 2 is 0.704 bits per heavy atom. The largest absolute Gasteiger partial charge is 0.382 e. The topological polar surface area (TPSA) is 12.0 Å². The van der Waals surface area contributed by atoms with Gasteiger partial charge in [0, 0.05) is 11.7 Å². The van der Waals surface area contributed by atoms with E-state index < -0.39 is 0 Å². The van der Waals surface area contributed by atoms with Crippen LogP contribution in [0.15, 0.2) is 72.8 Å². The summed E-state index contributed by atoms with van der Waals surface area (Å²) in [6, 6.07) is 27.9. The third-order valence-electron chi connectivity index (χ3n) is 11.5. The fourth-order valence-corrected chi connectivity index (χ4v) is 6.69. The molecule has 0 aliphatic carbocycles. The molecule has 54 heavy (non-hydrogen) atoms. The second kappa shape index (κ2) is 28.8. The van der Waals surface area contributed by atoms with E-state index in [1.807, 2.05) is 0 Å². The fourth-order valence-electron chi connectivity index (χ4n) is 6.69. The minimum Gasteiger partial charge on any atom is -0.382 e. The van der Waals surface area contributed by atoms with Gasteiger partial charge in [-0.15, -0.1) is 0 Å². The monoisotopic (exact) mass is 740 g/mol. The van der Waals surface area contributed by atoms with E-state index in [0.29, 0.717) is 6.04 Å². The Balaban J connectivity index is 0.000000413. The highest BCUT2D eigenvalue weighted by atomic mass is 14.9. The van der Waals surface area contributed by atoms with Gasteiger partial charge in [0.1, 0.15) is 0 Å². The first-order valence-electron chi connectivity index (χ1n) is 22.7. The van der Waals surface area contributed by atoms with E-state index in [1.165, 1.54) is 111 Å². The van der Waals surface area contributed by atoms with Crippen LogP contribution < -0.4 is 5.32 Å². The van der Waals surface area contributed by atoms with E-state index in [1.54, 1.807) is 0 Å². The molecule has 0 fully saturated rings. The zero-order valence-corrected chi connectivity index (χ0v) is 38.2. The van der Waals surface area contributed by atoms with Gasteiger partial charge in [-0.2, -0.15) is 0 Å². The lowest BCUT2D eigenvalue weighted by Crippen LogP contribution is -2.15. The standard InChI is InChI=1S/C22H38.C16H26.C15H25N/c1-17(2)7-9-19(5)15-21-11-13-22(14-12-21)16-20(6)10-8-18(3)4;1-5-13(3)11-15-7-9-16(10-8-15)12-14(4)6-2;1-5-12(3)11-14-9-7-8-10-15(14)16-13(4)6-2/h11-14,17-20H,7-10,15-16H2,1-6H3;7-10,13-14H,5-6,11-12H2,1-4H3;7-10,12-13,16H,5-6,11H2,1-4H3. The Bertz CT molecular complexity index is 1200. The summed E-state index contributed by atoms with van der Waals surface area (Å²) in [6.45, 7) is 32.3. The van der Waals surface area contributed by atoms with E-state index in [-0.39, 0.29) is 0 Å². The summed E-state index contributed by atoms with van der Waals surface area (Å²) >= 11 is 0. The van der Waals surface area contributed by atoms with Crippen molar-refractivity contribution in [2.75, 3.05) is 5.32 Å². The fraction of sp³-hybridized carbons (Fsp3) is 0.660. The zero-order valence-electron chi connectivity index (χ0n) is 38.2. The molecule has 0 heterocycles.